The van der Waals surface area contributed by atoms with E-state index in [-0.39, 0.29) is 6.04 Å². The van der Waals surface area contributed by atoms with Crippen molar-refractivity contribution in [1.29, 1.82) is 0 Å². The summed E-state index contributed by atoms with van der Waals surface area (Å²) in [5.74, 6) is 0. The van der Waals surface area contributed by atoms with Crippen molar-refractivity contribution in [3.63, 3.8) is 0 Å². The van der Waals surface area contributed by atoms with Crippen LogP contribution in [0.4, 0.5) is 0 Å². The molecule has 1 aromatic heterocycles. The van der Waals surface area contributed by atoms with Crippen molar-refractivity contribution in [3.8, 4) is 5.69 Å². The van der Waals surface area contributed by atoms with Crippen LogP contribution < -0.4 is 5.73 Å². The SMILES string of the molecule is CSc1ccc(-n2cncc2C(N)c2ccccc2)cc1. The lowest BCUT2D eigenvalue weighted by molar-refractivity contribution is 0.793. The Kier molecular flexibility index (Phi) is 4.08. The van der Waals surface area contributed by atoms with Crippen molar-refractivity contribution >= 4 is 11.8 Å². The molecule has 0 fully saturated rings. The monoisotopic (exact) mass is 295 g/mol. The molecule has 1 atom stereocenters. The van der Waals surface area contributed by atoms with Gasteiger partial charge in [0.05, 0.1) is 24.3 Å². The summed E-state index contributed by atoms with van der Waals surface area (Å²) >= 11 is 1.73. The predicted octanol–water partition coefficient (Wildman–Crippen LogP) is 3.64. The Morgan fingerprint density at radius 1 is 1.05 bits per heavy atom. The highest BCUT2D eigenvalue weighted by atomic mass is 32.2. The lowest BCUT2D eigenvalue weighted by Gasteiger charge is -2.15. The lowest BCUT2D eigenvalue weighted by atomic mass is 10.1. The van der Waals surface area contributed by atoms with Crippen LogP contribution in [0.3, 0.4) is 0 Å². The molecule has 3 rings (SSSR count). The van der Waals surface area contributed by atoms with E-state index in [1.807, 2.05) is 47.4 Å². The number of benzene rings is 2. The molecule has 1 heterocycles. The van der Waals surface area contributed by atoms with Gasteiger partial charge in [-0.3, -0.25) is 0 Å². The van der Waals surface area contributed by atoms with Crippen molar-refractivity contribution in [3.05, 3.63) is 78.4 Å². The summed E-state index contributed by atoms with van der Waals surface area (Å²) in [5, 5.41) is 0. The maximum Gasteiger partial charge on any atom is 0.0994 e. The Bertz CT molecular complexity index is 704. The highest BCUT2D eigenvalue weighted by molar-refractivity contribution is 7.98. The Morgan fingerprint density at radius 3 is 2.43 bits per heavy atom. The molecule has 0 saturated carbocycles. The van der Waals surface area contributed by atoms with E-state index in [9.17, 15) is 0 Å². The van der Waals surface area contributed by atoms with Gasteiger partial charge in [0.2, 0.25) is 0 Å². The van der Waals surface area contributed by atoms with Crippen LogP contribution >= 0.6 is 11.8 Å². The van der Waals surface area contributed by atoms with Gasteiger partial charge in [-0.25, -0.2) is 4.98 Å². The van der Waals surface area contributed by atoms with Gasteiger partial charge in [-0.1, -0.05) is 30.3 Å². The van der Waals surface area contributed by atoms with E-state index in [0.717, 1.165) is 16.9 Å². The molecule has 2 aromatic carbocycles. The number of nitrogens with two attached hydrogens (primary N) is 1. The molecule has 3 aromatic rings. The van der Waals surface area contributed by atoms with Crippen molar-refractivity contribution in [2.24, 2.45) is 5.73 Å². The fourth-order valence-corrected chi connectivity index (χ4v) is 2.73. The third-order valence-corrected chi connectivity index (χ3v) is 4.24. The molecule has 0 spiro atoms. The summed E-state index contributed by atoms with van der Waals surface area (Å²) in [6, 6.07) is 18.3. The topological polar surface area (TPSA) is 43.8 Å². The number of hydrogen-bond donors (Lipinski definition) is 1. The quantitative estimate of drug-likeness (QED) is 0.747. The van der Waals surface area contributed by atoms with Crippen LogP contribution in [0, 0.1) is 0 Å². The van der Waals surface area contributed by atoms with Gasteiger partial charge in [-0.05, 0) is 36.1 Å². The van der Waals surface area contributed by atoms with Gasteiger partial charge in [0.1, 0.15) is 0 Å². The largest absolute Gasteiger partial charge is 0.319 e. The van der Waals surface area contributed by atoms with E-state index < -0.39 is 0 Å². The maximum atomic E-state index is 6.39. The maximum absolute atomic E-state index is 6.39. The molecule has 3 nitrogen and oxygen atoms in total. The van der Waals surface area contributed by atoms with Gasteiger partial charge >= 0.3 is 0 Å². The minimum atomic E-state index is -0.186. The smallest absolute Gasteiger partial charge is 0.0994 e. The van der Waals surface area contributed by atoms with E-state index in [0.29, 0.717) is 0 Å². The molecule has 0 amide bonds. The zero-order valence-electron chi connectivity index (χ0n) is 11.8. The molecule has 21 heavy (non-hydrogen) atoms. The second-order valence-corrected chi connectivity index (χ2v) is 5.65. The van der Waals surface area contributed by atoms with Crippen molar-refractivity contribution in [2.45, 2.75) is 10.9 Å². The number of aromatic nitrogens is 2. The Balaban J connectivity index is 1.96. The molecule has 0 aliphatic rings. The second kappa shape index (κ2) is 6.16. The standard InChI is InChI=1S/C17H17N3S/c1-21-15-9-7-14(8-10-15)20-12-19-11-16(20)17(18)13-5-3-2-4-6-13/h2-12,17H,18H2,1H3. The zero-order valence-corrected chi connectivity index (χ0v) is 12.6. The van der Waals surface area contributed by atoms with E-state index in [1.165, 1.54) is 4.90 Å². The Hall–Kier alpha value is -2.04. The average Bonchev–Trinajstić information content (AvgIpc) is 3.04. The van der Waals surface area contributed by atoms with Gasteiger partial charge < -0.3 is 10.3 Å². The molecule has 4 heteroatoms. The van der Waals surface area contributed by atoms with Crippen molar-refractivity contribution in [2.75, 3.05) is 6.26 Å². The van der Waals surface area contributed by atoms with Crippen LogP contribution in [0.1, 0.15) is 17.3 Å². The zero-order chi connectivity index (χ0) is 14.7. The molecule has 0 aliphatic heterocycles. The molecule has 1 unspecified atom stereocenters. The molecule has 0 radical (unpaired) electrons. The Labute approximate surface area is 128 Å². The number of thioether (sulfide) groups is 1. The van der Waals surface area contributed by atoms with Crippen molar-refractivity contribution < 1.29 is 0 Å². The first-order valence-electron chi connectivity index (χ1n) is 6.77. The molecule has 0 saturated heterocycles. The Morgan fingerprint density at radius 2 is 1.76 bits per heavy atom. The molecule has 0 bridgehead atoms. The first-order valence-corrected chi connectivity index (χ1v) is 7.99. The summed E-state index contributed by atoms with van der Waals surface area (Å²) < 4.78 is 2.04. The highest BCUT2D eigenvalue weighted by Crippen LogP contribution is 2.23. The highest BCUT2D eigenvalue weighted by Gasteiger charge is 2.14. The van der Waals surface area contributed by atoms with Crippen LogP contribution in [-0.4, -0.2) is 15.8 Å². The van der Waals surface area contributed by atoms with Crippen LogP contribution in [0.2, 0.25) is 0 Å². The first kappa shape index (κ1) is 13.9. The second-order valence-electron chi connectivity index (χ2n) is 4.77. The summed E-state index contributed by atoms with van der Waals surface area (Å²) in [7, 11) is 0. The molecule has 2 N–H and O–H groups in total. The molecule has 106 valence electrons. The van der Waals surface area contributed by atoms with Gasteiger partial charge in [-0.2, -0.15) is 0 Å². The summed E-state index contributed by atoms with van der Waals surface area (Å²) in [6.07, 6.45) is 5.72. The van der Waals surface area contributed by atoms with Crippen LogP contribution in [0.15, 0.2) is 72.0 Å². The number of rotatable bonds is 4. The molecular weight excluding hydrogens is 278 g/mol. The van der Waals surface area contributed by atoms with Gasteiger partial charge in [-0.15, -0.1) is 11.8 Å². The molecule has 0 aliphatic carbocycles. The molecular formula is C17H17N3S. The van der Waals surface area contributed by atoms with E-state index in [2.05, 4.69) is 35.5 Å². The number of nitrogens with zero attached hydrogens (tertiary/aromatic N) is 2. The van der Waals surface area contributed by atoms with Gasteiger partial charge in [0.25, 0.3) is 0 Å². The lowest BCUT2D eigenvalue weighted by Crippen LogP contribution is -2.15. The summed E-state index contributed by atoms with van der Waals surface area (Å²) in [4.78, 5) is 5.51. The van der Waals surface area contributed by atoms with Crippen molar-refractivity contribution in [1.82, 2.24) is 9.55 Å². The van der Waals surface area contributed by atoms with Gasteiger partial charge in [0.15, 0.2) is 0 Å². The summed E-state index contributed by atoms with van der Waals surface area (Å²) in [5.41, 5.74) is 9.53. The van der Waals surface area contributed by atoms with Crippen LogP contribution in [0.5, 0.6) is 0 Å². The minimum absolute atomic E-state index is 0.186. The third kappa shape index (κ3) is 2.86. The fraction of sp³-hybridized carbons (Fsp3) is 0.118. The summed E-state index contributed by atoms with van der Waals surface area (Å²) in [6.45, 7) is 0. The third-order valence-electron chi connectivity index (χ3n) is 3.50. The van der Waals surface area contributed by atoms with E-state index in [4.69, 9.17) is 5.73 Å². The van der Waals surface area contributed by atoms with Crippen LogP contribution in [0.25, 0.3) is 5.69 Å². The first-order chi connectivity index (χ1) is 10.3. The van der Waals surface area contributed by atoms with E-state index in [1.54, 1.807) is 11.8 Å². The van der Waals surface area contributed by atoms with Gasteiger partial charge in [0, 0.05) is 10.6 Å². The number of imidazole rings is 1. The minimum Gasteiger partial charge on any atom is -0.319 e. The van der Waals surface area contributed by atoms with Crippen LogP contribution in [-0.2, 0) is 0 Å². The normalized spacial score (nSPS) is 12.3. The average molecular weight is 295 g/mol. The van der Waals surface area contributed by atoms with E-state index >= 15 is 0 Å². The predicted molar refractivity (Wildman–Crippen MR) is 87.8 cm³/mol. The number of hydrogen-bond acceptors (Lipinski definition) is 3. The fourth-order valence-electron chi connectivity index (χ4n) is 2.33.